The topological polar surface area (TPSA) is 45.7 Å². The summed E-state index contributed by atoms with van der Waals surface area (Å²) in [5.74, 6) is 0.730. The van der Waals surface area contributed by atoms with Crippen LogP contribution in [-0.2, 0) is 6.61 Å². The Balaban J connectivity index is 1.88. The van der Waals surface area contributed by atoms with Gasteiger partial charge in [0.2, 0.25) is 0 Å². The second kappa shape index (κ2) is 9.35. The summed E-state index contributed by atoms with van der Waals surface area (Å²) in [7, 11) is 0. The van der Waals surface area contributed by atoms with Crippen molar-refractivity contribution in [3.8, 4) is 5.75 Å². The van der Waals surface area contributed by atoms with Crippen molar-refractivity contribution < 1.29 is 4.74 Å². The van der Waals surface area contributed by atoms with Crippen LogP contribution in [0.15, 0.2) is 65.8 Å². The predicted octanol–water partition coefficient (Wildman–Crippen LogP) is 4.89. The summed E-state index contributed by atoms with van der Waals surface area (Å²) in [6.07, 6.45) is 1.73. The summed E-state index contributed by atoms with van der Waals surface area (Å²) in [5, 5.41) is 10.6. The summed E-state index contributed by atoms with van der Waals surface area (Å²) in [6, 6.07) is 19.7. The van der Waals surface area contributed by atoms with E-state index in [1.165, 1.54) is 0 Å². The molecule has 3 aromatic rings. The van der Waals surface area contributed by atoms with E-state index in [2.05, 4.69) is 21.9 Å². The quantitative estimate of drug-likeness (QED) is 0.353. The zero-order valence-electron chi connectivity index (χ0n) is 14.9. The third-order valence-corrected chi connectivity index (χ3v) is 4.57. The Hall–Kier alpha value is -2.63. The van der Waals surface area contributed by atoms with E-state index in [0.717, 1.165) is 34.2 Å². The molecule has 0 aliphatic carbocycles. The minimum atomic E-state index is 0.377. The largest absolute Gasteiger partial charge is 0.488 e. The van der Waals surface area contributed by atoms with Gasteiger partial charge in [0.05, 0.1) is 6.21 Å². The first kappa shape index (κ1) is 19.1. The molecular formula is C21H20ClN3OS. The summed E-state index contributed by atoms with van der Waals surface area (Å²) in [6.45, 7) is 3.09. The fraction of sp³-hybridized carbons (Fsp3) is 0.143. The smallest absolute Gasteiger partial charge is 0.186 e. The molecule has 0 aliphatic heterocycles. The van der Waals surface area contributed by atoms with Crippen molar-refractivity contribution in [1.29, 1.82) is 0 Å². The molecule has 0 saturated heterocycles. The highest BCUT2D eigenvalue weighted by molar-refractivity contribution is 7.80. The van der Waals surface area contributed by atoms with Crippen molar-refractivity contribution in [2.45, 2.75) is 13.5 Å². The zero-order valence-corrected chi connectivity index (χ0v) is 16.5. The Kier molecular flexibility index (Phi) is 6.63. The minimum absolute atomic E-state index is 0.377. The van der Waals surface area contributed by atoms with Gasteiger partial charge in [-0.3, -0.25) is 5.43 Å². The van der Waals surface area contributed by atoms with E-state index >= 15 is 0 Å². The van der Waals surface area contributed by atoms with Crippen LogP contribution in [0.2, 0.25) is 5.02 Å². The fourth-order valence-corrected chi connectivity index (χ4v) is 3.05. The first-order valence-electron chi connectivity index (χ1n) is 8.64. The second-order valence-electron chi connectivity index (χ2n) is 5.81. The average Bonchev–Trinajstić information content (AvgIpc) is 2.68. The number of hydrogen-bond acceptors (Lipinski definition) is 3. The molecule has 0 saturated carbocycles. The summed E-state index contributed by atoms with van der Waals surface area (Å²) in [4.78, 5) is 0. The lowest BCUT2D eigenvalue weighted by atomic mass is 10.0. The third-order valence-electron chi connectivity index (χ3n) is 3.97. The van der Waals surface area contributed by atoms with Crippen LogP contribution in [0.5, 0.6) is 5.75 Å². The molecule has 0 unspecified atom stereocenters. The molecule has 0 bridgehead atoms. The van der Waals surface area contributed by atoms with Gasteiger partial charge in [-0.2, -0.15) is 5.10 Å². The number of ether oxygens (including phenoxy) is 1. The van der Waals surface area contributed by atoms with E-state index in [0.29, 0.717) is 16.7 Å². The van der Waals surface area contributed by atoms with Gasteiger partial charge in [-0.1, -0.05) is 60.1 Å². The SMILES string of the molecule is CCNC(=S)N/N=C\c1c(OCc2ccccc2Cl)ccc2ccccc12. The van der Waals surface area contributed by atoms with Gasteiger partial charge in [0, 0.05) is 22.7 Å². The Morgan fingerprint density at radius 2 is 1.89 bits per heavy atom. The normalized spacial score (nSPS) is 10.9. The lowest BCUT2D eigenvalue weighted by Crippen LogP contribution is -2.31. The molecule has 0 amide bonds. The number of thiocarbonyl (C=S) groups is 1. The number of halogens is 1. The van der Waals surface area contributed by atoms with E-state index in [1.54, 1.807) is 6.21 Å². The standard InChI is InChI=1S/C21H20ClN3OS/c1-2-23-21(27)25-24-13-18-17-9-5-3-7-15(17)11-12-20(18)26-14-16-8-4-6-10-19(16)22/h3-13H,2,14H2,1H3,(H2,23,25,27)/b24-13-. The van der Waals surface area contributed by atoms with Crippen LogP contribution in [0, 0.1) is 0 Å². The zero-order chi connectivity index (χ0) is 19.1. The molecule has 0 aliphatic rings. The van der Waals surface area contributed by atoms with Crippen molar-refractivity contribution in [2.75, 3.05) is 6.54 Å². The monoisotopic (exact) mass is 397 g/mol. The van der Waals surface area contributed by atoms with Crippen molar-refractivity contribution in [3.63, 3.8) is 0 Å². The van der Waals surface area contributed by atoms with Gasteiger partial charge in [-0.25, -0.2) is 0 Å². The Bertz CT molecular complexity index is 975. The van der Waals surface area contributed by atoms with Crippen molar-refractivity contribution in [2.24, 2.45) is 5.10 Å². The molecule has 27 heavy (non-hydrogen) atoms. The number of benzene rings is 3. The molecule has 3 rings (SSSR count). The summed E-state index contributed by atoms with van der Waals surface area (Å²) >= 11 is 11.4. The van der Waals surface area contributed by atoms with E-state index in [-0.39, 0.29) is 0 Å². The Morgan fingerprint density at radius 1 is 1.11 bits per heavy atom. The molecule has 0 radical (unpaired) electrons. The molecule has 6 heteroatoms. The molecule has 3 aromatic carbocycles. The lowest BCUT2D eigenvalue weighted by molar-refractivity contribution is 0.306. The third kappa shape index (κ3) is 4.96. The van der Waals surface area contributed by atoms with E-state index in [4.69, 9.17) is 28.6 Å². The van der Waals surface area contributed by atoms with Gasteiger partial charge in [-0.05, 0) is 42.0 Å². The van der Waals surface area contributed by atoms with Gasteiger partial charge in [0.15, 0.2) is 5.11 Å². The van der Waals surface area contributed by atoms with Gasteiger partial charge in [0.1, 0.15) is 12.4 Å². The van der Waals surface area contributed by atoms with Crippen LogP contribution < -0.4 is 15.5 Å². The number of hydrazone groups is 1. The molecule has 0 aromatic heterocycles. The van der Waals surface area contributed by atoms with E-state index in [1.807, 2.05) is 61.5 Å². The highest BCUT2D eigenvalue weighted by Gasteiger charge is 2.08. The number of fused-ring (bicyclic) bond motifs is 1. The first-order chi connectivity index (χ1) is 13.2. The molecule has 138 valence electrons. The maximum absolute atomic E-state index is 6.24. The number of nitrogens with one attached hydrogen (secondary N) is 2. The van der Waals surface area contributed by atoms with Gasteiger partial charge in [-0.15, -0.1) is 0 Å². The van der Waals surface area contributed by atoms with Crippen LogP contribution in [0.25, 0.3) is 10.8 Å². The number of rotatable bonds is 6. The maximum atomic E-state index is 6.24. The molecule has 0 fully saturated rings. The van der Waals surface area contributed by atoms with Crippen molar-refractivity contribution in [1.82, 2.24) is 10.7 Å². The van der Waals surface area contributed by atoms with Crippen LogP contribution in [0.4, 0.5) is 0 Å². The lowest BCUT2D eigenvalue weighted by Gasteiger charge is -2.13. The molecule has 0 heterocycles. The molecule has 0 atom stereocenters. The van der Waals surface area contributed by atoms with Gasteiger partial charge < -0.3 is 10.1 Å². The van der Waals surface area contributed by atoms with E-state index in [9.17, 15) is 0 Å². The van der Waals surface area contributed by atoms with Crippen molar-refractivity contribution >= 4 is 45.9 Å². The Labute approximate surface area is 169 Å². The first-order valence-corrected chi connectivity index (χ1v) is 9.42. The maximum Gasteiger partial charge on any atom is 0.186 e. The molecular weight excluding hydrogens is 378 g/mol. The highest BCUT2D eigenvalue weighted by Crippen LogP contribution is 2.28. The Morgan fingerprint density at radius 3 is 2.70 bits per heavy atom. The average molecular weight is 398 g/mol. The number of hydrogen-bond donors (Lipinski definition) is 2. The van der Waals surface area contributed by atoms with Crippen LogP contribution in [-0.4, -0.2) is 17.9 Å². The predicted molar refractivity (Wildman–Crippen MR) is 117 cm³/mol. The molecule has 2 N–H and O–H groups in total. The minimum Gasteiger partial charge on any atom is -0.488 e. The van der Waals surface area contributed by atoms with Crippen LogP contribution in [0.1, 0.15) is 18.1 Å². The molecule has 0 spiro atoms. The number of nitrogens with zero attached hydrogens (tertiary/aromatic N) is 1. The van der Waals surface area contributed by atoms with E-state index < -0.39 is 0 Å². The van der Waals surface area contributed by atoms with Crippen LogP contribution >= 0.6 is 23.8 Å². The highest BCUT2D eigenvalue weighted by atomic mass is 35.5. The summed E-state index contributed by atoms with van der Waals surface area (Å²) < 4.78 is 6.07. The molecule has 4 nitrogen and oxygen atoms in total. The summed E-state index contributed by atoms with van der Waals surface area (Å²) in [5.41, 5.74) is 4.63. The van der Waals surface area contributed by atoms with Gasteiger partial charge in [0.25, 0.3) is 0 Å². The van der Waals surface area contributed by atoms with Crippen LogP contribution in [0.3, 0.4) is 0 Å². The van der Waals surface area contributed by atoms with Crippen molar-refractivity contribution in [3.05, 3.63) is 76.8 Å². The second-order valence-corrected chi connectivity index (χ2v) is 6.62. The fourth-order valence-electron chi connectivity index (χ4n) is 2.66. The van der Waals surface area contributed by atoms with Gasteiger partial charge >= 0.3 is 0 Å².